The quantitative estimate of drug-likeness (QED) is 0.803. The summed E-state index contributed by atoms with van der Waals surface area (Å²) in [5.41, 5.74) is 11.6. The van der Waals surface area contributed by atoms with Crippen molar-refractivity contribution < 1.29 is 0 Å². The number of aromatic nitrogens is 3. The Hall–Kier alpha value is -2.17. The molecule has 0 spiro atoms. The van der Waals surface area contributed by atoms with Crippen molar-refractivity contribution in [3.63, 3.8) is 0 Å². The SMILES string of the molecule is Cc1ccc(-c2c(CN)nnn2-c2ccc(C)c(Cl)c2)cc1. The van der Waals surface area contributed by atoms with Gasteiger partial charge in [-0.2, -0.15) is 0 Å². The predicted octanol–water partition coefficient (Wildman–Crippen LogP) is 3.66. The van der Waals surface area contributed by atoms with E-state index < -0.39 is 0 Å². The van der Waals surface area contributed by atoms with Crippen molar-refractivity contribution in [1.29, 1.82) is 0 Å². The van der Waals surface area contributed by atoms with Gasteiger partial charge in [-0.15, -0.1) is 5.10 Å². The minimum atomic E-state index is 0.336. The highest BCUT2D eigenvalue weighted by Gasteiger charge is 2.15. The van der Waals surface area contributed by atoms with Crippen LogP contribution in [0.4, 0.5) is 0 Å². The molecule has 2 N–H and O–H groups in total. The van der Waals surface area contributed by atoms with Crippen molar-refractivity contribution in [1.82, 2.24) is 15.0 Å². The minimum Gasteiger partial charge on any atom is -0.325 e. The zero-order chi connectivity index (χ0) is 15.7. The van der Waals surface area contributed by atoms with Gasteiger partial charge in [0.15, 0.2) is 0 Å². The second kappa shape index (κ2) is 5.91. The van der Waals surface area contributed by atoms with Crippen LogP contribution >= 0.6 is 11.6 Å². The highest BCUT2D eigenvalue weighted by Crippen LogP contribution is 2.27. The summed E-state index contributed by atoms with van der Waals surface area (Å²) in [7, 11) is 0. The van der Waals surface area contributed by atoms with Crippen molar-refractivity contribution in [2.45, 2.75) is 20.4 Å². The van der Waals surface area contributed by atoms with Gasteiger partial charge in [0.05, 0.1) is 11.4 Å². The molecule has 3 aromatic rings. The van der Waals surface area contributed by atoms with E-state index in [1.165, 1.54) is 5.56 Å². The molecule has 22 heavy (non-hydrogen) atoms. The maximum absolute atomic E-state index is 6.24. The highest BCUT2D eigenvalue weighted by molar-refractivity contribution is 6.31. The molecular weight excluding hydrogens is 296 g/mol. The normalized spacial score (nSPS) is 10.9. The highest BCUT2D eigenvalue weighted by atomic mass is 35.5. The molecule has 0 saturated carbocycles. The molecule has 0 fully saturated rings. The average molecular weight is 313 g/mol. The maximum Gasteiger partial charge on any atom is 0.105 e. The number of nitrogens with two attached hydrogens (primary N) is 1. The zero-order valence-corrected chi connectivity index (χ0v) is 13.3. The second-order valence-electron chi connectivity index (χ2n) is 5.30. The maximum atomic E-state index is 6.24. The van der Waals surface area contributed by atoms with Gasteiger partial charge in [-0.3, -0.25) is 0 Å². The van der Waals surface area contributed by atoms with Crippen LogP contribution in [0.3, 0.4) is 0 Å². The third-order valence-electron chi connectivity index (χ3n) is 3.66. The second-order valence-corrected chi connectivity index (χ2v) is 5.71. The molecular formula is C17H17ClN4. The van der Waals surface area contributed by atoms with Crippen LogP contribution in [-0.4, -0.2) is 15.0 Å². The van der Waals surface area contributed by atoms with Gasteiger partial charge in [0.25, 0.3) is 0 Å². The third kappa shape index (κ3) is 2.63. The smallest absolute Gasteiger partial charge is 0.105 e. The summed E-state index contributed by atoms with van der Waals surface area (Å²) >= 11 is 6.24. The Morgan fingerprint density at radius 3 is 2.45 bits per heavy atom. The van der Waals surface area contributed by atoms with Gasteiger partial charge in [0.1, 0.15) is 5.69 Å². The van der Waals surface area contributed by atoms with E-state index in [9.17, 15) is 0 Å². The van der Waals surface area contributed by atoms with Crippen LogP contribution in [0.1, 0.15) is 16.8 Å². The van der Waals surface area contributed by atoms with Crippen molar-refractivity contribution in [2.24, 2.45) is 5.73 Å². The average Bonchev–Trinajstić information content (AvgIpc) is 2.95. The van der Waals surface area contributed by atoms with Gasteiger partial charge in [-0.1, -0.05) is 52.7 Å². The summed E-state index contributed by atoms with van der Waals surface area (Å²) in [4.78, 5) is 0. The van der Waals surface area contributed by atoms with E-state index in [1.54, 1.807) is 4.68 Å². The molecule has 0 radical (unpaired) electrons. The fraction of sp³-hybridized carbons (Fsp3) is 0.176. The van der Waals surface area contributed by atoms with E-state index in [-0.39, 0.29) is 0 Å². The van der Waals surface area contributed by atoms with Crippen molar-refractivity contribution in [3.05, 3.63) is 64.3 Å². The molecule has 112 valence electrons. The number of hydrogen-bond acceptors (Lipinski definition) is 3. The van der Waals surface area contributed by atoms with Gasteiger partial charge in [-0.05, 0) is 31.5 Å². The largest absolute Gasteiger partial charge is 0.325 e. The Bertz CT molecular complexity index is 806. The number of rotatable bonds is 3. The van der Waals surface area contributed by atoms with Crippen LogP contribution in [0, 0.1) is 13.8 Å². The van der Waals surface area contributed by atoms with Gasteiger partial charge in [-0.25, -0.2) is 4.68 Å². The zero-order valence-electron chi connectivity index (χ0n) is 12.5. The van der Waals surface area contributed by atoms with Crippen molar-refractivity contribution in [2.75, 3.05) is 0 Å². The predicted molar refractivity (Wildman–Crippen MR) is 89.2 cm³/mol. The molecule has 1 heterocycles. The summed E-state index contributed by atoms with van der Waals surface area (Å²) in [6, 6.07) is 14.1. The fourth-order valence-electron chi connectivity index (χ4n) is 2.35. The minimum absolute atomic E-state index is 0.336. The van der Waals surface area contributed by atoms with Gasteiger partial charge in [0.2, 0.25) is 0 Å². The molecule has 0 atom stereocenters. The molecule has 0 amide bonds. The Labute approximate surface area is 134 Å². The van der Waals surface area contributed by atoms with Crippen LogP contribution in [0.2, 0.25) is 5.02 Å². The van der Waals surface area contributed by atoms with Crippen LogP contribution in [0.15, 0.2) is 42.5 Å². The van der Waals surface area contributed by atoms with Crippen molar-refractivity contribution in [3.8, 4) is 16.9 Å². The van der Waals surface area contributed by atoms with E-state index in [2.05, 4.69) is 41.5 Å². The van der Waals surface area contributed by atoms with E-state index in [1.807, 2.05) is 25.1 Å². The van der Waals surface area contributed by atoms with E-state index in [0.717, 1.165) is 28.2 Å². The lowest BCUT2D eigenvalue weighted by atomic mass is 10.1. The number of nitrogens with zero attached hydrogens (tertiary/aromatic N) is 3. The Balaban J connectivity index is 2.18. The van der Waals surface area contributed by atoms with Gasteiger partial charge >= 0.3 is 0 Å². The van der Waals surface area contributed by atoms with E-state index >= 15 is 0 Å². The first-order chi connectivity index (χ1) is 10.6. The molecule has 0 aliphatic heterocycles. The molecule has 2 aromatic carbocycles. The van der Waals surface area contributed by atoms with E-state index in [0.29, 0.717) is 11.6 Å². The van der Waals surface area contributed by atoms with Crippen LogP contribution < -0.4 is 5.73 Å². The number of halogens is 1. The van der Waals surface area contributed by atoms with Crippen molar-refractivity contribution >= 4 is 11.6 Å². The standard InChI is InChI=1S/C17H17ClN4/c1-11-3-6-13(7-4-11)17-16(10-19)20-21-22(17)14-8-5-12(2)15(18)9-14/h3-9H,10,19H2,1-2H3. The summed E-state index contributed by atoms with van der Waals surface area (Å²) in [5, 5.41) is 9.17. The molecule has 0 unspecified atom stereocenters. The van der Waals surface area contributed by atoms with Gasteiger partial charge in [0, 0.05) is 17.1 Å². The Morgan fingerprint density at radius 2 is 1.82 bits per heavy atom. The monoisotopic (exact) mass is 312 g/mol. The molecule has 0 saturated heterocycles. The first-order valence-corrected chi connectivity index (χ1v) is 7.46. The fourth-order valence-corrected chi connectivity index (χ4v) is 2.52. The van der Waals surface area contributed by atoms with Crippen LogP contribution in [0.25, 0.3) is 16.9 Å². The summed E-state index contributed by atoms with van der Waals surface area (Å²) in [6.45, 7) is 4.37. The molecule has 3 rings (SSSR count). The Kier molecular flexibility index (Phi) is 3.96. The molecule has 1 aromatic heterocycles. The topological polar surface area (TPSA) is 56.7 Å². The molecule has 0 aliphatic carbocycles. The summed E-state index contributed by atoms with van der Waals surface area (Å²) in [5.74, 6) is 0. The Morgan fingerprint density at radius 1 is 1.09 bits per heavy atom. The first-order valence-electron chi connectivity index (χ1n) is 7.08. The number of hydrogen-bond donors (Lipinski definition) is 1. The van der Waals surface area contributed by atoms with Gasteiger partial charge < -0.3 is 5.73 Å². The first kappa shape index (κ1) is 14.8. The number of aryl methyl sites for hydroxylation is 2. The lowest BCUT2D eigenvalue weighted by Crippen LogP contribution is -2.03. The lowest BCUT2D eigenvalue weighted by Gasteiger charge is -2.09. The summed E-state index contributed by atoms with van der Waals surface area (Å²) in [6.07, 6.45) is 0. The lowest BCUT2D eigenvalue weighted by molar-refractivity contribution is 0.799. The van der Waals surface area contributed by atoms with E-state index in [4.69, 9.17) is 17.3 Å². The van der Waals surface area contributed by atoms with Crippen LogP contribution in [0.5, 0.6) is 0 Å². The molecule has 4 nitrogen and oxygen atoms in total. The third-order valence-corrected chi connectivity index (χ3v) is 4.07. The molecule has 0 bridgehead atoms. The van der Waals surface area contributed by atoms with Crippen LogP contribution in [-0.2, 0) is 6.54 Å². The summed E-state index contributed by atoms with van der Waals surface area (Å²) < 4.78 is 1.79. The number of benzene rings is 2. The molecule has 0 aliphatic rings. The molecule has 5 heteroatoms.